The third-order valence-corrected chi connectivity index (χ3v) is 3.36. The number of rotatable bonds is 2. The van der Waals surface area contributed by atoms with Crippen LogP contribution in [0.2, 0.25) is 5.02 Å². The van der Waals surface area contributed by atoms with E-state index < -0.39 is 11.8 Å². The Morgan fingerprint density at radius 3 is 2.75 bits per heavy atom. The first-order chi connectivity index (χ1) is 9.47. The fraction of sp³-hybridized carbons (Fsp3) is 0.0769. The lowest BCUT2D eigenvalue weighted by atomic mass is 10.2. The van der Waals surface area contributed by atoms with Gasteiger partial charge in [0, 0.05) is 25.0 Å². The number of carboxylic acid groups (broad SMARTS) is 1. The van der Waals surface area contributed by atoms with Crippen LogP contribution < -0.4 is 0 Å². The number of aromatic carboxylic acids is 1. The van der Waals surface area contributed by atoms with Gasteiger partial charge in [0.2, 0.25) is 5.78 Å². The summed E-state index contributed by atoms with van der Waals surface area (Å²) < 4.78 is 16.2. The summed E-state index contributed by atoms with van der Waals surface area (Å²) in [7, 11) is 1.62. The number of carbonyl (C=O) groups is 1. The fourth-order valence-corrected chi connectivity index (χ4v) is 2.23. The van der Waals surface area contributed by atoms with Crippen molar-refractivity contribution in [3.05, 3.63) is 47.1 Å². The molecule has 0 fully saturated rings. The smallest absolute Gasteiger partial charge is 0.354 e. The van der Waals surface area contributed by atoms with Gasteiger partial charge in [0.05, 0.1) is 10.7 Å². The highest BCUT2D eigenvalue weighted by Gasteiger charge is 2.15. The second kappa shape index (κ2) is 4.35. The number of nitrogens with zero attached hydrogens (tertiary/aromatic N) is 3. The van der Waals surface area contributed by atoms with Gasteiger partial charge in [0.25, 0.3) is 0 Å². The molecule has 0 aliphatic carbocycles. The third kappa shape index (κ3) is 1.85. The monoisotopic (exact) mass is 293 g/mol. The van der Waals surface area contributed by atoms with Gasteiger partial charge in [-0.25, -0.2) is 14.2 Å². The van der Waals surface area contributed by atoms with Gasteiger partial charge in [-0.3, -0.25) is 4.40 Å². The molecule has 0 saturated heterocycles. The second-order valence-corrected chi connectivity index (χ2v) is 4.75. The van der Waals surface area contributed by atoms with Crippen molar-refractivity contribution in [3.8, 4) is 11.3 Å². The standard InChI is InChI=1S/C13H9ClFN3O2/c1-17-11(12(19)20)6-18-5-10(16-13(17)18)7-2-3-9(15)8(14)4-7/h2-6H,1H3,(H,19,20). The molecule has 3 rings (SSSR count). The van der Waals surface area contributed by atoms with Gasteiger partial charge in [-0.15, -0.1) is 0 Å². The minimum Gasteiger partial charge on any atom is -0.477 e. The molecule has 0 spiro atoms. The lowest BCUT2D eigenvalue weighted by molar-refractivity contribution is 0.0686. The maximum atomic E-state index is 13.1. The van der Waals surface area contributed by atoms with Gasteiger partial charge in [-0.05, 0) is 18.2 Å². The molecule has 0 amide bonds. The molecule has 0 saturated carbocycles. The van der Waals surface area contributed by atoms with Crippen molar-refractivity contribution in [2.75, 3.05) is 0 Å². The molecule has 102 valence electrons. The van der Waals surface area contributed by atoms with Crippen LogP contribution in [0.5, 0.6) is 0 Å². The maximum Gasteiger partial charge on any atom is 0.354 e. The molecular weight excluding hydrogens is 285 g/mol. The summed E-state index contributed by atoms with van der Waals surface area (Å²) in [5, 5.41) is 9.04. The van der Waals surface area contributed by atoms with E-state index in [-0.39, 0.29) is 10.7 Å². The van der Waals surface area contributed by atoms with Crippen LogP contribution in [-0.4, -0.2) is 25.0 Å². The minimum atomic E-state index is -1.02. The van der Waals surface area contributed by atoms with Crippen molar-refractivity contribution in [1.29, 1.82) is 0 Å². The van der Waals surface area contributed by atoms with E-state index in [9.17, 15) is 9.18 Å². The summed E-state index contributed by atoms with van der Waals surface area (Å²) in [4.78, 5) is 15.3. The summed E-state index contributed by atoms with van der Waals surface area (Å²) in [5.74, 6) is -1.03. The highest BCUT2D eigenvalue weighted by atomic mass is 35.5. The summed E-state index contributed by atoms with van der Waals surface area (Å²) in [6.07, 6.45) is 3.14. The SMILES string of the molecule is Cn1c(C(=O)O)cn2cc(-c3ccc(F)c(Cl)c3)nc12. The van der Waals surface area contributed by atoms with Crippen LogP contribution in [0.25, 0.3) is 17.0 Å². The van der Waals surface area contributed by atoms with E-state index in [2.05, 4.69) is 4.98 Å². The average Bonchev–Trinajstić information content (AvgIpc) is 2.93. The molecular formula is C13H9ClFN3O2. The quantitative estimate of drug-likeness (QED) is 0.790. The minimum absolute atomic E-state index is 0.0192. The summed E-state index contributed by atoms with van der Waals surface area (Å²) >= 11 is 5.74. The van der Waals surface area contributed by atoms with E-state index >= 15 is 0 Å². The number of hydrogen-bond donors (Lipinski definition) is 1. The lowest BCUT2D eigenvalue weighted by Gasteiger charge is -1.99. The Kier molecular flexibility index (Phi) is 2.76. The van der Waals surface area contributed by atoms with Crippen molar-refractivity contribution >= 4 is 23.3 Å². The molecule has 3 aromatic rings. The first-order valence-electron chi connectivity index (χ1n) is 5.70. The molecule has 0 atom stereocenters. The van der Waals surface area contributed by atoms with E-state index in [0.29, 0.717) is 17.0 Å². The van der Waals surface area contributed by atoms with Gasteiger partial charge in [-0.1, -0.05) is 11.6 Å². The van der Waals surface area contributed by atoms with Gasteiger partial charge in [0.15, 0.2) is 0 Å². The second-order valence-electron chi connectivity index (χ2n) is 4.34. The molecule has 1 aromatic carbocycles. The zero-order chi connectivity index (χ0) is 14.4. The highest BCUT2D eigenvalue weighted by Crippen LogP contribution is 2.25. The molecule has 5 nitrogen and oxygen atoms in total. The van der Waals surface area contributed by atoms with Crippen LogP contribution >= 0.6 is 11.6 Å². The third-order valence-electron chi connectivity index (χ3n) is 3.07. The maximum absolute atomic E-state index is 13.1. The number of benzene rings is 1. The summed E-state index contributed by atoms with van der Waals surface area (Å²) in [5.41, 5.74) is 1.39. The van der Waals surface area contributed by atoms with Crippen molar-refractivity contribution in [2.24, 2.45) is 7.05 Å². The molecule has 7 heteroatoms. The van der Waals surface area contributed by atoms with E-state index in [1.165, 1.54) is 22.9 Å². The van der Waals surface area contributed by atoms with Crippen molar-refractivity contribution in [1.82, 2.24) is 14.0 Å². The first kappa shape index (κ1) is 12.7. The Bertz CT molecular complexity index is 838. The Morgan fingerprint density at radius 1 is 1.40 bits per heavy atom. The van der Waals surface area contributed by atoms with E-state index in [1.807, 2.05) is 0 Å². The Labute approximate surface area is 117 Å². The van der Waals surface area contributed by atoms with E-state index in [4.69, 9.17) is 16.7 Å². The van der Waals surface area contributed by atoms with Crippen molar-refractivity contribution in [3.63, 3.8) is 0 Å². The molecule has 1 N–H and O–H groups in total. The molecule has 0 bridgehead atoms. The Balaban J connectivity index is 2.14. The topological polar surface area (TPSA) is 59.5 Å². The van der Waals surface area contributed by atoms with Crippen molar-refractivity contribution in [2.45, 2.75) is 0 Å². The van der Waals surface area contributed by atoms with Crippen LogP contribution in [-0.2, 0) is 7.05 Å². The molecule has 0 unspecified atom stereocenters. The molecule has 0 radical (unpaired) electrons. The number of halogens is 2. The first-order valence-corrected chi connectivity index (χ1v) is 6.08. The number of carboxylic acids is 1. The largest absolute Gasteiger partial charge is 0.477 e. The number of aryl methyl sites for hydroxylation is 1. The predicted octanol–water partition coefficient (Wildman–Crippen LogP) is 2.83. The van der Waals surface area contributed by atoms with Gasteiger partial charge in [-0.2, -0.15) is 0 Å². The number of imidazole rings is 2. The number of fused-ring (bicyclic) bond motifs is 1. The number of aromatic nitrogens is 3. The molecule has 20 heavy (non-hydrogen) atoms. The zero-order valence-corrected chi connectivity index (χ0v) is 11.1. The van der Waals surface area contributed by atoms with Crippen LogP contribution in [0.4, 0.5) is 4.39 Å². The predicted molar refractivity (Wildman–Crippen MR) is 71.5 cm³/mol. The molecule has 0 aliphatic heterocycles. The van der Waals surface area contributed by atoms with Crippen LogP contribution in [0.15, 0.2) is 30.6 Å². The lowest BCUT2D eigenvalue weighted by Crippen LogP contribution is -2.04. The van der Waals surface area contributed by atoms with Gasteiger partial charge < -0.3 is 9.67 Å². The van der Waals surface area contributed by atoms with Gasteiger partial charge >= 0.3 is 5.97 Å². The Hall–Kier alpha value is -2.34. The average molecular weight is 294 g/mol. The van der Waals surface area contributed by atoms with Gasteiger partial charge in [0.1, 0.15) is 11.5 Å². The van der Waals surface area contributed by atoms with Crippen LogP contribution in [0.3, 0.4) is 0 Å². The highest BCUT2D eigenvalue weighted by molar-refractivity contribution is 6.31. The summed E-state index contributed by atoms with van der Waals surface area (Å²) in [6.45, 7) is 0. The summed E-state index contributed by atoms with van der Waals surface area (Å²) in [6, 6.07) is 4.32. The molecule has 2 heterocycles. The normalized spacial score (nSPS) is 11.2. The van der Waals surface area contributed by atoms with Crippen LogP contribution in [0, 0.1) is 5.82 Å². The number of hydrogen-bond acceptors (Lipinski definition) is 2. The molecule has 2 aromatic heterocycles. The van der Waals surface area contributed by atoms with Crippen molar-refractivity contribution < 1.29 is 14.3 Å². The van der Waals surface area contributed by atoms with Crippen LogP contribution in [0.1, 0.15) is 10.5 Å². The zero-order valence-electron chi connectivity index (χ0n) is 10.3. The van der Waals surface area contributed by atoms with E-state index in [0.717, 1.165) is 0 Å². The Morgan fingerprint density at radius 2 is 2.15 bits per heavy atom. The van der Waals surface area contributed by atoms with E-state index in [1.54, 1.807) is 23.7 Å². The molecule has 0 aliphatic rings. The fourth-order valence-electron chi connectivity index (χ4n) is 2.05.